The summed E-state index contributed by atoms with van der Waals surface area (Å²) in [7, 11) is -4.14. The third-order valence-corrected chi connectivity index (χ3v) is 4.14. The number of rotatable bonds is 13. The highest BCUT2D eigenvalue weighted by Gasteiger charge is 2.19. The van der Waals surface area contributed by atoms with Gasteiger partial charge in [-0.1, -0.05) is 33.1 Å². The summed E-state index contributed by atoms with van der Waals surface area (Å²) in [6, 6.07) is -1.08. The summed E-state index contributed by atoms with van der Waals surface area (Å²) in [4.78, 5) is 22.8. The molecule has 0 saturated heterocycles. The van der Waals surface area contributed by atoms with Crippen molar-refractivity contribution in [1.82, 2.24) is 10.6 Å². The smallest absolute Gasteiger partial charge is 0.326 e. The number of hydrogen-bond donors (Lipinski definition) is 4. The van der Waals surface area contributed by atoms with Crippen molar-refractivity contribution < 1.29 is 27.7 Å². The van der Waals surface area contributed by atoms with Crippen molar-refractivity contribution in [3.63, 3.8) is 0 Å². The van der Waals surface area contributed by atoms with E-state index in [1.165, 1.54) is 0 Å². The summed E-state index contributed by atoms with van der Waals surface area (Å²) >= 11 is 0. The molecule has 0 aliphatic rings. The van der Waals surface area contributed by atoms with Crippen molar-refractivity contribution in [2.45, 2.75) is 58.4 Å². The van der Waals surface area contributed by atoms with Crippen LogP contribution in [0.15, 0.2) is 0 Å². The second kappa shape index (κ2) is 11.4. The van der Waals surface area contributed by atoms with E-state index in [0.717, 1.165) is 19.3 Å². The third-order valence-electron chi connectivity index (χ3n) is 3.58. The molecule has 2 atom stereocenters. The van der Waals surface area contributed by atoms with Gasteiger partial charge >= 0.3 is 5.97 Å². The Bertz CT molecular complexity index is 466. The van der Waals surface area contributed by atoms with E-state index in [9.17, 15) is 18.0 Å². The minimum absolute atomic E-state index is 0.0312. The Kier molecular flexibility index (Phi) is 10.8. The fourth-order valence-electron chi connectivity index (χ4n) is 1.95. The molecule has 0 heterocycles. The fraction of sp³-hybridized carbons (Fsp3) is 0.857. The third kappa shape index (κ3) is 13.0. The van der Waals surface area contributed by atoms with Gasteiger partial charge in [-0.2, -0.15) is 8.42 Å². The average Bonchev–Trinajstić information content (AvgIpc) is 2.45. The summed E-state index contributed by atoms with van der Waals surface area (Å²) in [5, 5.41) is 13.9. The lowest BCUT2D eigenvalue weighted by atomic mass is 10.0. The Hall–Kier alpha value is -1.19. The standard InChI is InChI=1S/C14H28N2O6S/c1-3-11(2)6-4-5-7-13(17)16-12(14(18)19)8-9-15-10-23(20,21)22/h11-12,15H,3-10H2,1-2H3,(H,16,17)(H,18,19)(H,20,21,22)/t11-,12-/m0/s1. The molecule has 0 spiro atoms. The van der Waals surface area contributed by atoms with E-state index >= 15 is 0 Å². The molecule has 9 heteroatoms. The number of amides is 1. The maximum absolute atomic E-state index is 11.7. The van der Waals surface area contributed by atoms with E-state index in [1.54, 1.807) is 0 Å². The molecule has 0 saturated carbocycles. The molecule has 0 aromatic heterocycles. The largest absolute Gasteiger partial charge is 0.480 e. The van der Waals surface area contributed by atoms with Crippen molar-refractivity contribution in [3.8, 4) is 0 Å². The number of hydrogen-bond acceptors (Lipinski definition) is 5. The van der Waals surface area contributed by atoms with Gasteiger partial charge in [-0.25, -0.2) is 4.79 Å². The van der Waals surface area contributed by atoms with Gasteiger partial charge < -0.3 is 15.7 Å². The number of aliphatic carboxylic acids is 1. The van der Waals surface area contributed by atoms with Crippen LogP contribution < -0.4 is 10.6 Å². The van der Waals surface area contributed by atoms with Gasteiger partial charge in [-0.3, -0.25) is 9.35 Å². The van der Waals surface area contributed by atoms with Crippen LogP contribution in [0.4, 0.5) is 0 Å². The van der Waals surface area contributed by atoms with Crippen LogP contribution in [0.3, 0.4) is 0 Å². The molecule has 23 heavy (non-hydrogen) atoms. The molecule has 0 radical (unpaired) electrons. The quantitative estimate of drug-likeness (QED) is 0.287. The van der Waals surface area contributed by atoms with Crippen LogP contribution in [0.1, 0.15) is 52.4 Å². The number of carboxylic acids is 1. The molecule has 0 aromatic carbocycles. The summed E-state index contributed by atoms with van der Waals surface area (Å²) < 4.78 is 29.6. The molecule has 0 bridgehead atoms. The number of carbonyl (C=O) groups excluding carboxylic acids is 1. The lowest BCUT2D eigenvalue weighted by Crippen LogP contribution is -2.42. The molecule has 0 rings (SSSR count). The highest BCUT2D eigenvalue weighted by Crippen LogP contribution is 2.12. The Morgan fingerprint density at radius 2 is 1.83 bits per heavy atom. The van der Waals surface area contributed by atoms with Gasteiger partial charge in [0.15, 0.2) is 0 Å². The van der Waals surface area contributed by atoms with Crippen molar-refractivity contribution in [3.05, 3.63) is 0 Å². The normalized spacial score (nSPS) is 14.2. The fourth-order valence-corrected chi connectivity index (χ4v) is 2.36. The molecule has 0 unspecified atom stereocenters. The molecule has 0 aliphatic heterocycles. The maximum atomic E-state index is 11.7. The maximum Gasteiger partial charge on any atom is 0.326 e. The topological polar surface area (TPSA) is 133 Å². The zero-order valence-electron chi connectivity index (χ0n) is 13.7. The van der Waals surface area contributed by atoms with Gasteiger partial charge in [0.1, 0.15) is 11.9 Å². The van der Waals surface area contributed by atoms with Gasteiger partial charge in [-0.05, 0) is 25.3 Å². The minimum Gasteiger partial charge on any atom is -0.480 e. The summed E-state index contributed by atoms with van der Waals surface area (Å²) in [6.45, 7) is 4.32. The van der Waals surface area contributed by atoms with Crippen LogP contribution in [0, 0.1) is 5.92 Å². The molecular weight excluding hydrogens is 324 g/mol. The Morgan fingerprint density at radius 1 is 1.17 bits per heavy atom. The number of unbranched alkanes of at least 4 members (excludes halogenated alkanes) is 1. The molecule has 8 nitrogen and oxygen atoms in total. The van der Waals surface area contributed by atoms with Crippen molar-refractivity contribution >= 4 is 22.0 Å². The molecule has 0 fully saturated rings. The SMILES string of the molecule is CC[C@H](C)CCCCC(=O)N[C@@H](CCNCS(=O)(=O)O)C(=O)O. The van der Waals surface area contributed by atoms with Crippen LogP contribution in [0.2, 0.25) is 0 Å². The van der Waals surface area contributed by atoms with Crippen LogP contribution in [-0.2, 0) is 19.7 Å². The summed E-state index contributed by atoms with van der Waals surface area (Å²) in [5.74, 6) is -1.52. The molecule has 1 amide bonds. The van der Waals surface area contributed by atoms with Crippen molar-refractivity contribution in [2.24, 2.45) is 5.92 Å². The average molecular weight is 352 g/mol. The van der Waals surface area contributed by atoms with Gasteiger partial charge in [0.25, 0.3) is 10.1 Å². The second-order valence-corrected chi connectivity index (χ2v) is 7.18. The molecular formula is C14H28N2O6S. The highest BCUT2D eigenvalue weighted by atomic mass is 32.2. The first-order valence-electron chi connectivity index (χ1n) is 7.83. The van der Waals surface area contributed by atoms with E-state index in [2.05, 4.69) is 24.5 Å². The van der Waals surface area contributed by atoms with E-state index in [4.69, 9.17) is 9.66 Å². The zero-order valence-corrected chi connectivity index (χ0v) is 14.6. The van der Waals surface area contributed by atoms with Crippen molar-refractivity contribution in [2.75, 3.05) is 12.4 Å². The molecule has 0 aromatic rings. The van der Waals surface area contributed by atoms with Crippen LogP contribution in [-0.4, -0.2) is 48.4 Å². The Balaban J connectivity index is 4.02. The first-order chi connectivity index (χ1) is 10.7. The van der Waals surface area contributed by atoms with Crippen LogP contribution >= 0.6 is 0 Å². The summed E-state index contributed by atoms with van der Waals surface area (Å²) in [6.07, 6.45) is 4.09. The van der Waals surface area contributed by atoms with E-state index in [1.807, 2.05) is 0 Å². The monoisotopic (exact) mass is 352 g/mol. The van der Waals surface area contributed by atoms with Gasteiger partial charge in [-0.15, -0.1) is 0 Å². The molecule has 136 valence electrons. The van der Waals surface area contributed by atoms with Crippen LogP contribution in [0.5, 0.6) is 0 Å². The summed E-state index contributed by atoms with van der Waals surface area (Å²) in [5.41, 5.74) is 0. The first kappa shape index (κ1) is 21.8. The van der Waals surface area contributed by atoms with Gasteiger partial charge in [0.05, 0.1) is 0 Å². The van der Waals surface area contributed by atoms with Crippen molar-refractivity contribution in [1.29, 1.82) is 0 Å². The highest BCUT2D eigenvalue weighted by molar-refractivity contribution is 7.85. The van der Waals surface area contributed by atoms with Crippen LogP contribution in [0.25, 0.3) is 0 Å². The number of carboxylic acid groups (broad SMARTS) is 1. The van der Waals surface area contributed by atoms with Gasteiger partial charge in [0, 0.05) is 6.42 Å². The number of carbonyl (C=O) groups is 2. The van der Waals surface area contributed by atoms with Gasteiger partial charge in [0.2, 0.25) is 5.91 Å². The predicted molar refractivity (Wildman–Crippen MR) is 86.5 cm³/mol. The predicted octanol–water partition coefficient (Wildman–Crippen LogP) is 0.987. The minimum atomic E-state index is -4.14. The van der Waals surface area contributed by atoms with E-state index < -0.39 is 28.0 Å². The first-order valence-corrected chi connectivity index (χ1v) is 9.44. The van der Waals surface area contributed by atoms with E-state index in [-0.39, 0.29) is 25.3 Å². The molecule has 0 aliphatic carbocycles. The lowest BCUT2D eigenvalue weighted by molar-refractivity contribution is -0.142. The second-order valence-electron chi connectivity index (χ2n) is 5.73. The Labute approximate surface area is 137 Å². The zero-order chi connectivity index (χ0) is 17.9. The number of nitrogens with one attached hydrogen (secondary N) is 2. The Morgan fingerprint density at radius 3 is 2.35 bits per heavy atom. The lowest BCUT2D eigenvalue weighted by Gasteiger charge is -2.15. The molecule has 4 N–H and O–H groups in total. The van der Waals surface area contributed by atoms with E-state index in [0.29, 0.717) is 12.3 Å².